The number of hydrogen-bond donors (Lipinski definition) is 1. The van der Waals surface area contributed by atoms with E-state index in [9.17, 15) is 0 Å². The molecule has 0 bridgehead atoms. The first-order valence-electron chi connectivity index (χ1n) is 7.06. The number of aromatic nitrogens is 1. The number of quaternary nitrogens is 1. The van der Waals surface area contributed by atoms with Crippen molar-refractivity contribution in [3.8, 4) is 11.5 Å². The fourth-order valence-corrected chi connectivity index (χ4v) is 2.68. The van der Waals surface area contributed by atoms with E-state index in [-0.39, 0.29) is 0 Å². The third-order valence-corrected chi connectivity index (χ3v) is 3.68. The molecule has 0 spiro atoms. The summed E-state index contributed by atoms with van der Waals surface area (Å²) in [6, 6.07) is 10.0. The van der Waals surface area contributed by atoms with E-state index in [0.717, 1.165) is 34.6 Å². The molecule has 0 fully saturated rings. The monoisotopic (exact) mass is 363 g/mol. The molecule has 0 aliphatic rings. The normalized spacial score (nSPS) is 10.3. The fraction of sp³-hybridized carbons (Fsp3) is 0.235. The summed E-state index contributed by atoms with van der Waals surface area (Å²) in [5.74, 6) is 1.42. The molecule has 116 valence electrons. The van der Waals surface area contributed by atoms with Gasteiger partial charge in [0.05, 0.1) is 17.3 Å². The summed E-state index contributed by atoms with van der Waals surface area (Å²) >= 11 is 3.54. The number of nitrogens with two attached hydrogens (primary N) is 1. The zero-order valence-corrected chi connectivity index (χ0v) is 14.2. The second-order valence-corrected chi connectivity index (χ2v) is 5.58. The van der Waals surface area contributed by atoms with Crippen LogP contribution in [0, 0.1) is 0 Å². The Bertz CT molecular complexity index is 618. The Hall–Kier alpha value is -1.85. The zero-order valence-electron chi connectivity index (χ0n) is 12.6. The highest BCUT2D eigenvalue weighted by molar-refractivity contribution is 9.10. The van der Waals surface area contributed by atoms with Crippen LogP contribution in [0.15, 0.2) is 53.7 Å². The molecule has 2 aromatic rings. The zero-order chi connectivity index (χ0) is 15.8. The summed E-state index contributed by atoms with van der Waals surface area (Å²) in [5, 5.41) is 2.20. The molecule has 0 saturated carbocycles. The van der Waals surface area contributed by atoms with Gasteiger partial charge in [0, 0.05) is 11.8 Å². The first-order valence-corrected chi connectivity index (χ1v) is 7.85. The lowest BCUT2D eigenvalue weighted by Gasteiger charge is -2.13. The van der Waals surface area contributed by atoms with Gasteiger partial charge < -0.3 is 14.8 Å². The average Bonchev–Trinajstić information content (AvgIpc) is 2.54. The first kappa shape index (κ1) is 16.5. The summed E-state index contributed by atoms with van der Waals surface area (Å²) in [5.41, 5.74) is 2.23. The molecule has 1 aromatic heterocycles. The van der Waals surface area contributed by atoms with E-state index >= 15 is 0 Å². The molecule has 0 aliphatic carbocycles. The minimum absolute atomic E-state index is 0.445. The number of rotatable bonds is 8. The second-order valence-electron chi connectivity index (χ2n) is 4.73. The summed E-state index contributed by atoms with van der Waals surface area (Å²) in [7, 11) is 1.64. The number of pyridine rings is 1. The molecule has 1 heterocycles. The highest BCUT2D eigenvalue weighted by Gasteiger charge is 2.12. The highest BCUT2D eigenvalue weighted by atomic mass is 79.9. The van der Waals surface area contributed by atoms with Crippen molar-refractivity contribution in [1.82, 2.24) is 4.98 Å². The lowest BCUT2D eigenvalue weighted by atomic mass is 10.2. The van der Waals surface area contributed by atoms with Crippen molar-refractivity contribution in [2.24, 2.45) is 0 Å². The molecule has 0 aliphatic heterocycles. The van der Waals surface area contributed by atoms with Crippen LogP contribution in [-0.2, 0) is 13.1 Å². The van der Waals surface area contributed by atoms with Gasteiger partial charge in [0.15, 0.2) is 11.5 Å². The Morgan fingerprint density at radius 1 is 1.32 bits per heavy atom. The average molecular weight is 364 g/mol. The fourth-order valence-electron chi connectivity index (χ4n) is 2.08. The largest absolute Gasteiger partial charge is 0.493 e. The van der Waals surface area contributed by atoms with Gasteiger partial charge >= 0.3 is 0 Å². The van der Waals surface area contributed by atoms with Gasteiger partial charge in [-0.25, -0.2) is 0 Å². The van der Waals surface area contributed by atoms with Crippen molar-refractivity contribution >= 4 is 15.9 Å². The highest BCUT2D eigenvalue weighted by Crippen LogP contribution is 2.36. The molecular formula is C17H20BrN2O2+. The number of benzene rings is 1. The molecule has 4 nitrogen and oxygen atoms in total. The van der Waals surface area contributed by atoms with E-state index < -0.39 is 0 Å². The van der Waals surface area contributed by atoms with Crippen LogP contribution in [0.25, 0.3) is 0 Å². The third kappa shape index (κ3) is 4.58. The van der Waals surface area contributed by atoms with Gasteiger partial charge in [-0.2, -0.15) is 0 Å². The SMILES string of the molecule is C=CCOc1c(Br)cc(C[NH2+]Cc2ccccn2)cc1OC. The van der Waals surface area contributed by atoms with Crippen LogP contribution in [0.1, 0.15) is 11.3 Å². The van der Waals surface area contributed by atoms with Gasteiger partial charge in [0.2, 0.25) is 0 Å². The summed E-state index contributed by atoms with van der Waals surface area (Å²) in [4.78, 5) is 4.31. The Morgan fingerprint density at radius 2 is 2.18 bits per heavy atom. The predicted octanol–water partition coefficient (Wildman–Crippen LogP) is 2.68. The molecule has 0 amide bonds. The van der Waals surface area contributed by atoms with Crippen LogP contribution < -0.4 is 14.8 Å². The summed E-state index contributed by atoms with van der Waals surface area (Å²) in [6.45, 7) is 5.78. The van der Waals surface area contributed by atoms with Crippen molar-refractivity contribution < 1.29 is 14.8 Å². The maximum absolute atomic E-state index is 5.63. The van der Waals surface area contributed by atoms with E-state index in [1.807, 2.05) is 30.5 Å². The van der Waals surface area contributed by atoms with Gasteiger partial charge in [0.25, 0.3) is 0 Å². The molecular weight excluding hydrogens is 344 g/mol. The number of ether oxygens (including phenoxy) is 2. The van der Waals surface area contributed by atoms with Crippen molar-refractivity contribution in [2.45, 2.75) is 13.1 Å². The van der Waals surface area contributed by atoms with Crippen LogP contribution in [0.2, 0.25) is 0 Å². The van der Waals surface area contributed by atoms with E-state index in [2.05, 4.69) is 38.9 Å². The lowest BCUT2D eigenvalue weighted by Crippen LogP contribution is -2.80. The summed E-state index contributed by atoms with van der Waals surface area (Å²) < 4.78 is 11.9. The van der Waals surface area contributed by atoms with Crippen LogP contribution in [0.3, 0.4) is 0 Å². The maximum atomic E-state index is 5.63. The predicted molar refractivity (Wildman–Crippen MR) is 90.0 cm³/mol. The molecule has 0 saturated heterocycles. The third-order valence-electron chi connectivity index (χ3n) is 3.09. The minimum atomic E-state index is 0.445. The van der Waals surface area contributed by atoms with Gasteiger partial charge in [-0.15, -0.1) is 0 Å². The van der Waals surface area contributed by atoms with Crippen LogP contribution in [0.5, 0.6) is 11.5 Å². The maximum Gasteiger partial charge on any atom is 0.175 e. The standard InChI is InChI=1S/C17H19BrN2O2/c1-3-8-22-17-15(18)9-13(10-16(17)21-2)11-19-12-14-6-4-5-7-20-14/h3-7,9-10,19H,1,8,11-12H2,2H3/p+1. The molecule has 0 radical (unpaired) electrons. The molecule has 2 rings (SSSR count). The molecule has 5 heteroatoms. The van der Waals surface area contributed by atoms with Gasteiger partial charge in [0.1, 0.15) is 19.7 Å². The number of nitrogens with zero attached hydrogens (tertiary/aromatic N) is 1. The minimum Gasteiger partial charge on any atom is -0.493 e. The second kappa shape index (κ2) is 8.56. The van der Waals surface area contributed by atoms with Crippen LogP contribution in [-0.4, -0.2) is 18.7 Å². The van der Waals surface area contributed by atoms with Gasteiger partial charge in [-0.1, -0.05) is 18.7 Å². The Balaban J connectivity index is 2.02. The van der Waals surface area contributed by atoms with Gasteiger partial charge in [-0.3, -0.25) is 4.98 Å². The van der Waals surface area contributed by atoms with E-state index in [0.29, 0.717) is 12.4 Å². The molecule has 0 atom stereocenters. The Morgan fingerprint density at radius 3 is 2.86 bits per heavy atom. The Labute approximate surface area is 139 Å². The molecule has 0 unspecified atom stereocenters. The van der Waals surface area contributed by atoms with Crippen molar-refractivity contribution in [3.05, 3.63) is 64.9 Å². The van der Waals surface area contributed by atoms with E-state index in [4.69, 9.17) is 9.47 Å². The van der Waals surface area contributed by atoms with E-state index in [1.165, 1.54) is 0 Å². The van der Waals surface area contributed by atoms with E-state index in [1.54, 1.807) is 13.2 Å². The van der Waals surface area contributed by atoms with Crippen molar-refractivity contribution in [1.29, 1.82) is 0 Å². The molecule has 2 N–H and O–H groups in total. The number of hydrogen-bond acceptors (Lipinski definition) is 3. The van der Waals surface area contributed by atoms with Crippen molar-refractivity contribution in [3.63, 3.8) is 0 Å². The lowest BCUT2D eigenvalue weighted by molar-refractivity contribution is -0.686. The number of methoxy groups -OCH3 is 1. The Kier molecular flexibility index (Phi) is 6.43. The van der Waals surface area contributed by atoms with Crippen molar-refractivity contribution in [2.75, 3.05) is 13.7 Å². The number of halogens is 1. The molecule has 22 heavy (non-hydrogen) atoms. The smallest absolute Gasteiger partial charge is 0.175 e. The quantitative estimate of drug-likeness (QED) is 0.733. The summed E-state index contributed by atoms with van der Waals surface area (Å²) in [6.07, 6.45) is 3.52. The van der Waals surface area contributed by atoms with Gasteiger partial charge in [-0.05, 0) is 40.2 Å². The first-order chi connectivity index (χ1) is 10.7. The van der Waals surface area contributed by atoms with Crippen LogP contribution in [0.4, 0.5) is 0 Å². The molecule has 1 aromatic carbocycles. The van der Waals surface area contributed by atoms with Crippen LogP contribution >= 0.6 is 15.9 Å². The topological polar surface area (TPSA) is 48.0 Å².